The van der Waals surface area contributed by atoms with Crippen molar-refractivity contribution in [3.63, 3.8) is 0 Å². The molecule has 86 valence electrons. The van der Waals surface area contributed by atoms with Gasteiger partial charge in [-0.25, -0.2) is 9.67 Å². The van der Waals surface area contributed by atoms with E-state index in [1.54, 1.807) is 0 Å². The first-order chi connectivity index (χ1) is 8.29. The summed E-state index contributed by atoms with van der Waals surface area (Å²) in [5.41, 5.74) is 3.02. The van der Waals surface area contributed by atoms with E-state index < -0.39 is 0 Å². The van der Waals surface area contributed by atoms with Crippen LogP contribution in [0.5, 0.6) is 0 Å². The highest BCUT2D eigenvalue weighted by Gasteiger charge is 2.12. The first-order valence-electron chi connectivity index (χ1n) is 5.34. The molecule has 0 N–H and O–H groups in total. The summed E-state index contributed by atoms with van der Waals surface area (Å²) in [6, 6.07) is 7.95. The van der Waals surface area contributed by atoms with Crippen molar-refractivity contribution in [3.8, 4) is 5.82 Å². The number of fused-ring (bicyclic) bond motifs is 1. The third-order valence-corrected chi connectivity index (χ3v) is 3.20. The molecule has 0 radical (unpaired) electrons. The van der Waals surface area contributed by atoms with E-state index >= 15 is 0 Å². The van der Waals surface area contributed by atoms with Gasteiger partial charge in [-0.1, -0.05) is 22.0 Å². The number of halogens is 1. The molecule has 3 aromatic heterocycles. The topological polar surface area (TPSA) is 35.1 Å². The van der Waals surface area contributed by atoms with Gasteiger partial charge < -0.3 is 4.40 Å². The Hall–Kier alpha value is -1.62. The van der Waals surface area contributed by atoms with Crippen molar-refractivity contribution < 1.29 is 0 Å². The van der Waals surface area contributed by atoms with Gasteiger partial charge in [0.05, 0.1) is 11.4 Å². The molecule has 3 aromatic rings. The SMILES string of the molecule is Cc1ccn(-c2nc3ccccn3c2CBr)n1. The van der Waals surface area contributed by atoms with Crippen LogP contribution in [0.3, 0.4) is 0 Å². The Balaban J connectivity index is 2.29. The molecule has 0 aliphatic carbocycles. The molecule has 0 amide bonds. The van der Waals surface area contributed by atoms with Gasteiger partial charge in [0.25, 0.3) is 0 Å². The van der Waals surface area contributed by atoms with Gasteiger partial charge in [0.2, 0.25) is 0 Å². The van der Waals surface area contributed by atoms with E-state index in [4.69, 9.17) is 0 Å². The van der Waals surface area contributed by atoms with Crippen LogP contribution in [0.15, 0.2) is 36.7 Å². The number of imidazole rings is 1. The van der Waals surface area contributed by atoms with Crippen molar-refractivity contribution >= 4 is 21.6 Å². The molecule has 0 unspecified atom stereocenters. The minimum atomic E-state index is 0.742. The fourth-order valence-electron chi connectivity index (χ4n) is 1.87. The van der Waals surface area contributed by atoms with Crippen LogP contribution in [0.1, 0.15) is 11.4 Å². The Bertz CT molecular complexity index is 668. The second-order valence-electron chi connectivity index (χ2n) is 3.85. The number of hydrogen-bond acceptors (Lipinski definition) is 2. The van der Waals surface area contributed by atoms with Crippen molar-refractivity contribution in [1.29, 1.82) is 0 Å². The molecular formula is C12H11BrN4. The molecule has 0 spiro atoms. The van der Waals surface area contributed by atoms with Gasteiger partial charge >= 0.3 is 0 Å². The number of alkyl halides is 1. The van der Waals surface area contributed by atoms with Crippen LogP contribution < -0.4 is 0 Å². The fraction of sp³-hybridized carbons (Fsp3) is 0.167. The fourth-order valence-corrected chi connectivity index (χ4v) is 2.40. The van der Waals surface area contributed by atoms with Gasteiger partial charge in [0, 0.05) is 17.7 Å². The van der Waals surface area contributed by atoms with E-state index in [2.05, 4.69) is 30.4 Å². The molecule has 0 aliphatic rings. The molecule has 0 saturated heterocycles. The van der Waals surface area contributed by atoms with Crippen LogP contribution in [0, 0.1) is 6.92 Å². The van der Waals surface area contributed by atoms with Crippen LogP contribution in [0.4, 0.5) is 0 Å². The van der Waals surface area contributed by atoms with Crippen LogP contribution >= 0.6 is 15.9 Å². The van der Waals surface area contributed by atoms with Crippen molar-refractivity contribution in [3.05, 3.63) is 48.0 Å². The summed E-state index contributed by atoms with van der Waals surface area (Å²) >= 11 is 3.51. The van der Waals surface area contributed by atoms with E-state index in [9.17, 15) is 0 Å². The molecule has 0 saturated carbocycles. The maximum absolute atomic E-state index is 4.60. The Morgan fingerprint density at radius 3 is 2.82 bits per heavy atom. The van der Waals surface area contributed by atoms with Gasteiger partial charge in [0.15, 0.2) is 5.82 Å². The lowest BCUT2D eigenvalue weighted by Gasteiger charge is -2.00. The van der Waals surface area contributed by atoms with Crippen LogP contribution in [0.2, 0.25) is 0 Å². The number of pyridine rings is 1. The van der Waals surface area contributed by atoms with Gasteiger partial charge in [-0.2, -0.15) is 5.10 Å². The monoisotopic (exact) mass is 290 g/mol. The number of aromatic nitrogens is 4. The predicted octanol–water partition coefficient (Wildman–Crippen LogP) is 2.72. The molecule has 3 heterocycles. The molecule has 0 aromatic carbocycles. The number of nitrogens with zero attached hydrogens (tertiary/aromatic N) is 4. The zero-order chi connectivity index (χ0) is 11.8. The van der Waals surface area contributed by atoms with Crippen molar-refractivity contribution in [2.45, 2.75) is 12.3 Å². The van der Waals surface area contributed by atoms with Crippen molar-refractivity contribution in [2.24, 2.45) is 0 Å². The van der Waals surface area contributed by atoms with Crippen LogP contribution in [-0.4, -0.2) is 19.2 Å². The molecule has 17 heavy (non-hydrogen) atoms. The maximum Gasteiger partial charge on any atom is 0.176 e. The molecule has 5 heteroatoms. The van der Waals surface area contributed by atoms with Gasteiger partial charge in [-0.05, 0) is 25.1 Å². The molecule has 0 aliphatic heterocycles. The maximum atomic E-state index is 4.60. The quantitative estimate of drug-likeness (QED) is 0.680. The van der Waals surface area contributed by atoms with Gasteiger partial charge in [-0.3, -0.25) is 0 Å². The highest BCUT2D eigenvalue weighted by molar-refractivity contribution is 9.08. The molecule has 4 nitrogen and oxygen atoms in total. The van der Waals surface area contributed by atoms with E-state index in [0.717, 1.165) is 28.2 Å². The smallest absolute Gasteiger partial charge is 0.176 e. The van der Waals surface area contributed by atoms with E-state index in [0.29, 0.717) is 0 Å². The third kappa shape index (κ3) is 1.67. The normalized spacial score (nSPS) is 11.2. The van der Waals surface area contributed by atoms with Crippen LogP contribution in [0.25, 0.3) is 11.5 Å². The summed E-state index contributed by atoms with van der Waals surface area (Å²) in [5.74, 6) is 0.876. The van der Waals surface area contributed by atoms with Gasteiger partial charge in [-0.15, -0.1) is 0 Å². The molecule has 3 rings (SSSR count). The summed E-state index contributed by atoms with van der Waals surface area (Å²) in [7, 11) is 0. The van der Waals surface area contributed by atoms with Crippen molar-refractivity contribution in [1.82, 2.24) is 19.2 Å². The summed E-state index contributed by atoms with van der Waals surface area (Å²) in [4.78, 5) is 4.60. The Morgan fingerprint density at radius 2 is 2.12 bits per heavy atom. The minimum absolute atomic E-state index is 0.742. The molecule has 0 atom stereocenters. The zero-order valence-corrected chi connectivity index (χ0v) is 10.9. The summed E-state index contributed by atoms with van der Waals surface area (Å²) < 4.78 is 3.89. The predicted molar refractivity (Wildman–Crippen MR) is 69.7 cm³/mol. The first-order valence-corrected chi connectivity index (χ1v) is 6.46. The molecule has 0 fully saturated rings. The summed E-state index contributed by atoms with van der Waals surface area (Å²) in [6.07, 6.45) is 3.95. The highest BCUT2D eigenvalue weighted by Crippen LogP contribution is 2.18. The second-order valence-corrected chi connectivity index (χ2v) is 4.41. The summed E-state index contributed by atoms with van der Waals surface area (Å²) in [6.45, 7) is 1.97. The molecular weight excluding hydrogens is 280 g/mol. The largest absolute Gasteiger partial charge is 0.301 e. The minimum Gasteiger partial charge on any atom is -0.301 e. The van der Waals surface area contributed by atoms with Crippen molar-refractivity contribution in [2.75, 3.05) is 0 Å². The van der Waals surface area contributed by atoms with E-state index in [-0.39, 0.29) is 0 Å². The number of rotatable bonds is 2. The van der Waals surface area contributed by atoms with E-state index in [1.165, 1.54) is 0 Å². The highest BCUT2D eigenvalue weighted by atomic mass is 79.9. The average molecular weight is 291 g/mol. The standard InChI is InChI=1S/C12H11BrN4/c1-9-5-7-17(15-9)12-10(8-13)16-6-3-2-4-11(16)14-12/h2-7H,8H2,1H3. The first kappa shape index (κ1) is 10.5. The third-order valence-electron chi connectivity index (χ3n) is 2.67. The molecule has 0 bridgehead atoms. The average Bonchev–Trinajstić information content (AvgIpc) is 2.91. The number of aryl methyl sites for hydroxylation is 1. The van der Waals surface area contributed by atoms with Crippen LogP contribution in [-0.2, 0) is 5.33 Å². The van der Waals surface area contributed by atoms with Gasteiger partial charge in [0.1, 0.15) is 5.65 Å². The second kappa shape index (κ2) is 4.00. The Morgan fingerprint density at radius 1 is 1.24 bits per heavy atom. The lowest BCUT2D eigenvalue weighted by molar-refractivity contribution is 0.830. The Labute approximate surface area is 107 Å². The number of hydrogen-bond donors (Lipinski definition) is 0. The lowest BCUT2D eigenvalue weighted by Crippen LogP contribution is -2.00. The lowest BCUT2D eigenvalue weighted by atomic mass is 10.4. The zero-order valence-electron chi connectivity index (χ0n) is 9.34. The summed E-state index contributed by atoms with van der Waals surface area (Å²) in [5, 5.41) is 5.15. The Kier molecular flexibility index (Phi) is 2.48. The van der Waals surface area contributed by atoms with E-state index in [1.807, 2.05) is 48.3 Å².